The minimum absolute atomic E-state index is 0.156. The quantitative estimate of drug-likeness (QED) is 0.877. The van der Waals surface area contributed by atoms with E-state index in [-0.39, 0.29) is 22.1 Å². The lowest BCUT2D eigenvalue weighted by molar-refractivity contribution is -0.118. The lowest BCUT2D eigenvalue weighted by Gasteiger charge is -2.06. The van der Waals surface area contributed by atoms with Crippen LogP contribution >= 0.6 is 27.7 Å². The van der Waals surface area contributed by atoms with Crippen LogP contribution in [0.1, 0.15) is 5.56 Å². The van der Waals surface area contributed by atoms with Crippen LogP contribution in [0.3, 0.4) is 0 Å². The van der Waals surface area contributed by atoms with E-state index >= 15 is 0 Å². The first-order valence-electron chi connectivity index (χ1n) is 4.55. The molecule has 0 aromatic heterocycles. The Hall–Kier alpha value is -1.01. The van der Waals surface area contributed by atoms with Crippen LogP contribution in [0.15, 0.2) is 22.7 Å². The summed E-state index contributed by atoms with van der Waals surface area (Å²) in [4.78, 5) is 22.3. The Morgan fingerprint density at radius 3 is 2.75 bits per heavy atom. The van der Waals surface area contributed by atoms with Crippen LogP contribution in [-0.2, 0) is 11.2 Å². The molecule has 0 radical (unpaired) electrons. The molecule has 0 unspecified atom stereocenters. The second-order valence-electron chi connectivity index (χ2n) is 3.37. The van der Waals surface area contributed by atoms with Crippen LogP contribution < -0.4 is 5.32 Å². The minimum atomic E-state index is -0.371. The molecule has 0 bridgehead atoms. The number of phenolic OH excluding ortho intramolecular Hbond substituents is 1. The predicted molar refractivity (Wildman–Crippen MR) is 64.4 cm³/mol. The van der Waals surface area contributed by atoms with Crippen LogP contribution in [0, 0.1) is 0 Å². The van der Waals surface area contributed by atoms with Gasteiger partial charge >= 0.3 is 0 Å². The van der Waals surface area contributed by atoms with Gasteiger partial charge in [0.1, 0.15) is 5.75 Å². The zero-order valence-electron chi connectivity index (χ0n) is 8.07. The van der Waals surface area contributed by atoms with Gasteiger partial charge in [-0.2, -0.15) is 0 Å². The molecule has 1 heterocycles. The van der Waals surface area contributed by atoms with Crippen molar-refractivity contribution in [2.24, 2.45) is 0 Å². The van der Waals surface area contributed by atoms with Gasteiger partial charge in [-0.3, -0.25) is 14.9 Å². The lowest BCUT2D eigenvalue weighted by atomic mass is 10.1. The normalized spacial score (nSPS) is 19.9. The van der Waals surface area contributed by atoms with Gasteiger partial charge in [-0.1, -0.05) is 17.8 Å². The maximum absolute atomic E-state index is 11.3. The number of aromatic hydroxyl groups is 1. The molecule has 1 fully saturated rings. The van der Waals surface area contributed by atoms with E-state index in [1.165, 1.54) is 0 Å². The highest BCUT2D eigenvalue weighted by Crippen LogP contribution is 2.28. The van der Waals surface area contributed by atoms with Gasteiger partial charge in [-0.25, -0.2) is 0 Å². The Morgan fingerprint density at radius 2 is 2.19 bits per heavy atom. The molecule has 2 amide bonds. The smallest absolute Gasteiger partial charge is 0.286 e. The van der Waals surface area contributed by atoms with Crippen molar-refractivity contribution in [2.45, 2.75) is 11.7 Å². The van der Waals surface area contributed by atoms with Crippen molar-refractivity contribution in [1.29, 1.82) is 0 Å². The molecule has 2 rings (SSSR count). The Balaban J connectivity index is 2.12. The number of nitrogens with one attached hydrogen (secondary N) is 1. The van der Waals surface area contributed by atoms with E-state index in [9.17, 15) is 14.7 Å². The maximum Gasteiger partial charge on any atom is 0.286 e. The molecule has 0 spiro atoms. The monoisotopic (exact) mass is 301 g/mol. The molecule has 1 aromatic carbocycles. The van der Waals surface area contributed by atoms with E-state index < -0.39 is 0 Å². The summed E-state index contributed by atoms with van der Waals surface area (Å²) in [7, 11) is 0. The maximum atomic E-state index is 11.3. The van der Waals surface area contributed by atoms with Gasteiger partial charge in [0.15, 0.2) is 0 Å². The number of benzene rings is 1. The highest BCUT2D eigenvalue weighted by Gasteiger charge is 2.31. The topological polar surface area (TPSA) is 66.4 Å². The molecular formula is C10H8BrNO3S. The van der Waals surface area contributed by atoms with Crippen LogP contribution in [0.4, 0.5) is 4.79 Å². The third-order valence-corrected chi connectivity index (χ3v) is 3.82. The number of carbonyl (C=O) groups is 2. The standard InChI is InChI=1S/C10H8BrNO3S/c11-6-3-5(1-2-7(6)13)4-8-9(14)12-10(15)16-8/h1-3,8,13H,4H2,(H,12,14,15)/t8-/m1/s1. The van der Waals surface area contributed by atoms with E-state index in [4.69, 9.17) is 0 Å². The van der Waals surface area contributed by atoms with Gasteiger partial charge in [0.05, 0.1) is 9.72 Å². The predicted octanol–water partition coefficient (Wildman–Crippen LogP) is 2.05. The first kappa shape index (κ1) is 11.5. The van der Waals surface area contributed by atoms with Crippen LogP contribution in [0.5, 0.6) is 5.75 Å². The molecule has 0 saturated carbocycles. The molecule has 0 aliphatic carbocycles. The molecular weight excluding hydrogens is 294 g/mol. The van der Waals surface area contributed by atoms with Crippen LogP contribution in [0.25, 0.3) is 0 Å². The number of hydrogen-bond acceptors (Lipinski definition) is 4. The van der Waals surface area contributed by atoms with Crippen molar-refractivity contribution in [2.75, 3.05) is 0 Å². The molecule has 2 N–H and O–H groups in total. The Morgan fingerprint density at radius 1 is 1.44 bits per heavy atom. The minimum Gasteiger partial charge on any atom is -0.507 e. The van der Waals surface area contributed by atoms with Gasteiger partial charge in [0.2, 0.25) is 5.91 Å². The highest BCUT2D eigenvalue weighted by molar-refractivity contribution is 9.10. The average Bonchev–Trinajstić information content (AvgIpc) is 2.51. The molecule has 84 valence electrons. The number of halogens is 1. The summed E-state index contributed by atoms with van der Waals surface area (Å²) in [6.45, 7) is 0. The molecule has 1 aliphatic heterocycles. The van der Waals surface area contributed by atoms with E-state index in [1.54, 1.807) is 18.2 Å². The second kappa shape index (κ2) is 4.47. The van der Waals surface area contributed by atoms with E-state index in [0.717, 1.165) is 17.3 Å². The highest BCUT2D eigenvalue weighted by atomic mass is 79.9. The Kier molecular flexibility index (Phi) is 3.20. The summed E-state index contributed by atoms with van der Waals surface area (Å²) in [5.74, 6) is -0.0949. The van der Waals surface area contributed by atoms with Crippen molar-refractivity contribution >= 4 is 38.8 Å². The lowest BCUT2D eigenvalue weighted by Crippen LogP contribution is -2.25. The summed E-state index contributed by atoms with van der Waals surface area (Å²) >= 11 is 4.20. The fourth-order valence-electron chi connectivity index (χ4n) is 1.42. The van der Waals surface area contributed by atoms with E-state index in [1.807, 2.05) is 0 Å². The zero-order valence-corrected chi connectivity index (χ0v) is 10.5. The van der Waals surface area contributed by atoms with Crippen molar-refractivity contribution < 1.29 is 14.7 Å². The first-order valence-corrected chi connectivity index (χ1v) is 6.22. The summed E-state index contributed by atoms with van der Waals surface area (Å²) < 4.78 is 0.583. The third-order valence-electron chi connectivity index (χ3n) is 2.20. The number of phenols is 1. The molecule has 1 aromatic rings. The fraction of sp³-hybridized carbons (Fsp3) is 0.200. The van der Waals surface area contributed by atoms with E-state index in [2.05, 4.69) is 21.2 Å². The molecule has 1 saturated heterocycles. The molecule has 4 nitrogen and oxygen atoms in total. The third kappa shape index (κ3) is 2.38. The van der Waals surface area contributed by atoms with Crippen LogP contribution in [-0.4, -0.2) is 21.5 Å². The largest absolute Gasteiger partial charge is 0.507 e. The summed E-state index contributed by atoms with van der Waals surface area (Å²) in [6, 6.07) is 5.03. The molecule has 16 heavy (non-hydrogen) atoms. The number of thioether (sulfide) groups is 1. The van der Waals surface area contributed by atoms with Gasteiger partial charge in [-0.15, -0.1) is 0 Å². The first-order chi connectivity index (χ1) is 7.56. The van der Waals surface area contributed by atoms with Gasteiger partial charge in [-0.05, 0) is 40.0 Å². The van der Waals surface area contributed by atoms with Crippen molar-refractivity contribution in [1.82, 2.24) is 5.32 Å². The number of imide groups is 1. The van der Waals surface area contributed by atoms with Crippen molar-refractivity contribution in [3.8, 4) is 5.75 Å². The second-order valence-corrected chi connectivity index (χ2v) is 5.40. The Labute approximate surface area is 105 Å². The van der Waals surface area contributed by atoms with Gasteiger partial charge in [0.25, 0.3) is 5.24 Å². The SMILES string of the molecule is O=C1NC(=O)[C@@H](Cc2ccc(O)c(Br)c2)S1. The van der Waals surface area contributed by atoms with Crippen molar-refractivity contribution in [3.05, 3.63) is 28.2 Å². The van der Waals surface area contributed by atoms with Gasteiger partial charge in [0, 0.05) is 0 Å². The zero-order chi connectivity index (χ0) is 11.7. The average molecular weight is 302 g/mol. The number of carbonyl (C=O) groups excluding carboxylic acids is 2. The van der Waals surface area contributed by atoms with Crippen LogP contribution in [0.2, 0.25) is 0 Å². The summed E-state index contributed by atoms with van der Waals surface area (Å²) in [6.07, 6.45) is 0.473. The Bertz CT molecular complexity index is 463. The fourth-order valence-corrected chi connectivity index (χ4v) is 2.70. The number of amides is 2. The summed E-state index contributed by atoms with van der Waals surface area (Å²) in [5.41, 5.74) is 0.895. The molecule has 1 aliphatic rings. The molecule has 6 heteroatoms. The van der Waals surface area contributed by atoms with E-state index in [0.29, 0.717) is 10.9 Å². The number of rotatable bonds is 2. The number of hydrogen-bond donors (Lipinski definition) is 2. The van der Waals surface area contributed by atoms with Crippen molar-refractivity contribution in [3.63, 3.8) is 0 Å². The van der Waals surface area contributed by atoms with Gasteiger partial charge < -0.3 is 5.11 Å². The summed E-state index contributed by atoms with van der Waals surface area (Å²) in [5, 5.41) is 10.9. The molecule has 1 atom stereocenters.